The number of amides is 4. The molecule has 4 bridgehead atoms. The highest BCUT2D eigenvalue weighted by molar-refractivity contribution is 6.74. The Bertz CT molecular complexity index is 2500. The Morgan fingerprint density at radius 3 is 1.39 bits per heavy atom. The van der Waals surface area contributed by atoms with Crippen LogP contribution in [0.25, 0.3) is 4.85 Å². The molecule has 2 N–H and O–H groups in total. The van der Waals surface area contributed by atoms with E-state index >= 15 is 0 Å². The fraction of sp³-hybridized carbons (Fsp3) is 0.640. The molecule has 22 heteroatoms. The van der Waals surface area contributed by atoms with Gasteiger partial charge >= 0.3 is 12.4 Å². The number of carbonyl (C=O) groups excluding carboxylic acids is 4. The number of nitriles is 1. The van der Waals surface area contributed by atoms with Gasteiger partial charge in [0.2, 0.25) is 23.6 Å². The van der Waals surface area contributed by atoms with Crippen molar-refractivity contribution in [3.05, 3.63) is 64.5 Å². The van der Waals surface area contributed by atoms with Gasteiger partial charge < -0.3 is 28.5 Å². The van der Waals surface area contributed by atoms with Gasteiger partial charge in [-0.05, 0) is 93.3 Å². The number of rotatable bonds is 10. The van der Waals surface area contributed by atoms with Crippen LogP contribution in [0, 0.1) is 41.6 Å². The summed E-state index contributed by atoms with van der Waals surface area (Å²) in [6.07, 6.45) is -10.9. The Morgan fingerprint density at radius 1 is 0.681 bits per heavy atom. The van der Waals surface area contributed by atoms with Gasteiger partial charge in [0.1, 0.15) is 11.2 Å². The van der Waals surface area contributed by atoms with Crippen LogP contribution in [0.1, 0.15) is 97.8 Å². The summed E-state index contributed by atoms with van der Waals surface area (Å²) >= 11 is 0. The van der Waals surface area contributed by atoms with Crippen LogP contribution >= 0.6 is 0 Å². The number of anilines is 2. The summed E-state index contributed by atoms with van der Waals surface area (Å²) in [5.74, 6) is -6.70. The zero-order valence-corrected chi connectivity index (χ0v) is 44.4. The molecule has 4 unspecified atom stereocenters. The van der Waals surface area contributed by atoms with Crippen molar-refractivity contribution in [2.24, 2.45) is 23.7 Å². The lowest BCUT2D eigenvalue weighted by Crippen LogP contribution is -2.50. The third-order valence-electron chi connectivity index (χ3n) is 17.2. The molecular formula is C50H62F6N4O10Si2. The molecule has 2 aromatic rings. The van der Waals surface area contributed by atoms with Gasteiger partial charge in [0.25, 0.3) is 0 Å². The minimum absolute atomic E-state index is 0.0446. The summed E-state index contributed by atoms with van der Waals surface area (Å²) in [7, 11) is -4.24. The molecule has 2 aromatic carbocycles. The molecule has 6 heterocycles. The summed E-state index contributed by atoms with van der Waals surface area (Å²) in [5, 5.41) is 30.7. The number of aliphatic hydroxyl groups excluding tert-OH is 2. The lowest BCUT2D eigenvalue weighted by molar-refractivity contribution is -0.138. The molecule has 392 valence electrons. The van der Waals surface area contributed by atoms with Gasteiger partial charge in [-0.25, -0.2) is 14.6 Å². The van der Waals surface area contributed by atoms with Crippen LogP contribution < -0.4 is 9.80 Å². The second-order valence-corrected chi connectivity index (χ2v) is 33.1. The molecule has 6 aliphatic heterocycles. The quantitative estimate of drug-likeness (QED) is 0.100. The number of hydrogen-bond acceptors (Lipinski definition) is 11. The van der Waals surface area contributed by atoms with Crippen molar-refractivity contribution in [1.82, 2.24) is 0 Å². The average Bonchev–Trinajstić information content (AvgIpc) is 4.00. The molecule has 8 rings (SSSR count). The largest absolute Gasteiger partial charge is 0.417 e. The first kappa shape index (κ1) is 55.2. The monoisotopic (exact) mass is 1050 g/mol. The lowest BCUT2D eigenvalue weighted by atomic mass is 9.66. The number of aliphatic hydroxyl groups is 2. The third kappa shape index (κ3) is 8.64. The molecule has 10 atom stereocenters. The van der Waals surface area contributed by atoms with Crippen LogP contribution in [0.2, 0.25) is 36.3 Å². The Morgan fingerprint density at radius 2 is 1.04 bits per heavy atom. The molecule has 0 aromatic heterocycles. The molecule has 6 saturated heterocycles. The number of imide groups is 2. The summed E-state index contributed by atoms with van der Waals surface area (Å²) < 4.78 is 106. The van der Waals surface area contributed by atoms with E-state index in [0.29, 0.717) is 12.1 Å². The SMILES string of the molecule is CC12OC(CCO[Si](C)(C)C(C)(C)C)(C[C@@H]1O)[C@H]1C(=O)N(c3ccc(C#N)c(C(F)(F)F)c3)C(=O)[C@H]12.[C-]#[N+]c1ccc(N2C(=O)[C@@H]3[C@H](C2=O)C2(C)OC3(CCO[Si](C)(C)C(C)(C)C)C[C@H]2O)cc1C(F)(F)F. The van der Waals surface area contributed by atoms with Crippen molar-refractivity contribution in [1.29, 1.82) is 5.26 Å². The predicted octanol–water partition coefficient (Wildman–Crippen LogP) is 9.45. The number of hydrogen-bond donors (Lipinski definition) is 2. The standard InChI is InChI=1S/2C25H31F3N2O5Si/c1-22(2,3)36(6,7)34-11-10-24-13-17(31)23(4,35-24)18-19(24)21(33)30(20(18)32)14-8-9-16(29-5)15(12-14)25(26,27)28;1-22(2,3)36(5,6)34-10-9-24-12-17(31)23(4,35-24)18-19(24)21(33)30(20(18)32)15-8-7-14(13-29)16(11-15)25(26,27)28/h8-9,12,17-19,31H,10-11,13H2,1-4,6-7H3;7-8,11,17-19,31H,9-10,12H2,1-6H3/t2*17-,18-,19+,23?,24?/m10/s1. The molecule has 0 aliphatic carbocycles. The number of fused-ring (bicyclic) bond motifs is 10. The average molecular weight is 1050 g/mol. The molecule has 0 saturated carbocycles. The molecule has 72 heavy (non-hydrogen) atoms. The van der Waals surface area contributed by atoms with E-state index in [2.05, 4.69) is 72.6 Å². The highest BCUT2D eigenvalue weighted by Gasteiger charge is 2.78. The van der Waals surface area contributed by atoms with Gasteiger partial charge in [-0.1, -0.05) is 47.6 Å². The minimum Gasteiger partial charge on any atom is -0.417 e. The zero-order chi connectivity index (χ0) is 54.1. The van der Waals surface area contributed by atoms with Crippen molar-refractivity contribution in [2.45, 2.75) is 164 Å². The topological polar surface area (TPSA) is 180 Å². The van der Waals surface area contributed by atoms with Crippen molar-refractivity contribution in [2.75, 3.05) is 23.0 Å². The van der Waals surface area contributed by atoms with Crippen LogP contribution in [0.15, 0.2) is 36.4 Å². The summed E-state index contributed by atoms with van der Waals surface area (Å²) in [6.45, 7) is 31.7. The number of halogens is 6. The number of nitrogens with zero attached hydrogens (tertiary/aromatic N) is 4. The Kier molecular flexibility index (Phi) is 13.5. The maximum atomic E-state index is 13.6. The van der Waals surface area contributed by atoms with Crippen molar-refractivity contribution in [3.8, 4) is 6.07 Å². The highest BCUT2D eigenvalue weighted by Crippen LogP contribution is 2.64. The number of benzene rings is 2. The first-order valence-electron chi connectivity index (χ1n) is 23.8. The normalized spacial score (nSPS) is 32.2. The van der Waals surface area contributed by atoms with Gasteiger partial charge in [-0.2, -0.15) is 31.6 Å². The summed E-state index contributed by atoms with van der Waals surface area (Å²) in [4.78, 5) is 58.7. The van der Waals surface area contributed by atoms with E-state index < -0.39 is 133 Å². The Labute approximate surface area is 417 Å². The molecule has 0 spiro atoms. The second-order valence-electron chi connectivity index (χ2n) is 23.4. The van der Waals surface area contributed by atoms with E-state index in [1.807, 2.05) is 0 Å². The Hall–Kier alpha value is -4.53. The zero-order valence-electron chi connectivity index (χ0n) is 42.4. The molecule has 14 nitrogen and oxygen atoms in total. The van der Waals surface area contributed by atoms with Crippen molar-refractivity contribution < 1.29 is 74.1 Å². The Balaban J connectivity index is 0.000000211. The third-order valence-corrected chi connectivity index (χ3v) is 26.2. The number of alkyl halides is 6. The molecule has 0 radical (unpaired) electrons. The van der Waals surface area contributed by atoms with E-state index in [9.17, 15) is 55.7 Å². The summed E-state index contributed by atoms with van der Waals surface area (Å²) in [5.41, 5.74) is -9.16. The number of carbonyl (C=O) groups is 4. The first-order valence-corrected chi connectivity index (χ1v) is 29.6. The van der Waals surface area contributed by atoms with Gasteiger partial charge in [0.15, 0.2) is 22.3 Å². The van der Waals surface area contributed by atoms with Gasteiger partial charge in [-0.15, -0.1) is 0 Å². The van der Waals surface area contributed by atoms with E-state index in [1.165, 1.54) is 18.2 Å². The fourth-order valence-electron chi connectivity index (χ4n) is 11.1. The smallest absolute Gasteiger partial charge is 0.417 e. The first-order chi connectivity index (χ1) is 32.8. The van der Waals surface area contributed by atoms with Crippen LogP contribution in [-0.4, -0.2) is 98.3 Å². The van der Waals surface area contributed by atoms with Gasteiger partial charge in [0, 0.05) is 31.7 Å². The van der Waals surface area contributed by atoms with Crippen LogP contribution in [0.5, 0.6) is 0 Å². The predicted molar refractivity (Wildman–Crippen MR) is 254 cm³/mol. The highest BCUT2D eigenvalue weighted by atomic mass is 28.4. The van der Waals surface area contributed by atoms with Crippen LogP contribution in [0.4, 0.5) is 43.4 Å². The maximum absolute atomic E-state index is 13.6. The lowest BCUT2D eigenvalue weighted by Gasteiger charge is -2.38. The van der Waals surface area contributed by atoms with Crippen molar-refractivity contribution >= 4 is 57.3 Å². The summed E-state index contributed by atoms with van der Waals surface area (Å²) in [6, 6.07) is 7.08. The van der Waals surface area contributed by atoms with E-state index in [4.69, 9.17) is 30.2 Å². The van der Waals surface area contributed by atoms with E-state index in [0.717, 1.165) is 21.9 Å². The van der Waals surface area contributed by atoms with Gasteiger partial charge in [-0.3, -0.25) is 19.2 Å². The maximum Gasteiger partial charge on any atom is 0.417 e. The second kappa shape index (κ2) is 17.5. The van der Waals surface area contributed by atoms with Crippen LogP contribution in [-0.2, 0) is 49.9 Å². The van der Waals surface area contributed by atoms with E-state index in [1.54, 1.807) is 13.8 Å². The van der Waals surface area contributed by atoms with E-state index in [-0.39, 0.29) is 60.3 Å². The molecule has 4 amide bonds. The van der Waals surface area contributed by atoms with Crippen molar-refractivity contribution in [3.63, 3.8) is 0 Å². The van der Waals surface area contributed by atoms with Crippen LogP contribution in [0.3, 0.4) is 0 Å². The molecule has 6 fully saturated rings. The van der Waals surface area contributed by atoms with Gasteiger partial charge in [0.05, 0.1) is 82.1 Å². The number of ether oxygens (including phenoxy) is 2. The minimum atomic E-state index is -4.84. The fourth-order valence-corrected chi connectivity index (χ4v) is 13.2. The molecule has 6 aliphatic rings. The molecular weight excluding hydrogens is 987 g/mol.